The van der Waals surface area contributed by atoms with Gasteiger partial charge in [-0.1, -0.05) is 36.2 Å². The lowest BCUT2D eigenvalue weighted by atomic mass is 10.2. The van der Waals surface area contributed by atoms with E-state index in [9.17, 15) is 4.79 Å². The molecule has 0 aliphatic carbocycles. The third-order valence-electron chi connectivity index (χ3n) is 3.21. The summed E-state index contributed by atoms with van der Waals surface area (Å²) in [5.74, 6) is -0.205. The van der Waals surface area contributed by atoms with Crippen molar-refractivity contribution < 1.29 is 4.79 Å². The molecule has 0 radical (unpaired) electrons. The van der Waals surface area contributed by atoms with Gasteiger partial charge in [0.25, 0.3) is 5.91 Å². The Hall–Kier alpha value is -1.78. The highest BCUT2D eigenvalue weighted by molar-refractivity contribution is 6.39. The van der Waals surface area contributed by atoms with Gasteiger partial charge in [0.05, 0.1) is 15.7 Å². The summed E-state index contributed by atoms with van der Waals surface area (Å²) < 4.78 is 0. The molecule has 0 fully saturated rings. The van der Waals surface area contributed by atoms with Crippen LogP contribution in [0.25, 0.3) is 0 Å². The van der Waals surface area contributed by atoms with Crippen molar-refractivity contribution in [1.29, 1.82) is 0 Å². The molecule has 1 aromatic heterocycles. The summed E-state index contributed by atoms with van der Waals surface area (Å²) in [7, 11) is 0. The van der Waals surface area contributed by atoms with Crippen molar-refractivity contribution in [2.24, 2.45) is 0 Å². The number of pyridine rings is 1. The second kappa shape index (κ2) is 7.47. The Balaban J connectivity index is 2.20. The molecule has 1 atom stereocenters. The number of aromatic nitrogens is 1. The van der Waals surface area contributed by atoms with Crippen molar-refractivity contribution >= 4 is 40.5 Å². The van der Waals surface area contributed by atoms with Crippen molar-refractivity contribution in [3.63, 3.8) is 0 Å². The fraction of sp³-hybridized carbons (Fsp3) is 0.250. The number of halogens is 2. The first-order valence-electron chi connectivity index (χ1n) is 6.99. The number of anilines is 2. The van der Waals surface area contributed by atoms with E-state index in [1.165, 1.54) is 0 Å². The molecular formula is C16H17Cl2N3O. The monoisotopic (exact) mass is 337 g/mol. The molecule has 1 amide bonds. The summed E-state index contributed by atoms with van der Waals surface area (Å²) in [6.45, 7) is 3.96. The molecule has 1 unspecified atom stereocenters. The highest BCUT2D eigenvalue weighted by Gasteiger charge is 2.11. The minimum Gasteiger partial charge on any atom is -0.353 e. The van der Waals surface area contributed by atoms with E-state index in [1.54, 1.807) is 36.5 Å². The van der Waals surface area contributed by atoms with Crippen molar-refractivity contribution in [2.75, 3.05) is 5.32 Å². The summed E-state index contributed by atoms with van der Waals surface area (Å²) >= 11 is 12.3. The van der Waals surface area contributed by atoms with Gasteiger partial charge in [-0.2, -0.15) is 0 Å². The molecule has 2 rings (SSSR count). The minimum atomic E-state index is -0.205. The first kappa shape index (κ1) is 16.6. The average Bonchev–Trinajstić information content (AvgIpc) is 2.51. The number of benzene rings is 1. The summed E-state index contributed by atoms with van der Waals surface area (Å²) in [5.41, 5.74) is 1.64. The number of carbonyl (C=O) groups excluding carboxylic acids is 1. The molecule has 2 aromatic rings. The quantitative estimate of drug-likeness (QED) is 0.834. The third-order valence-corrected chi connectivity index (χ3v) is 3.84. The number of nitrogens with zero attached hydrogens (tertiary/aromatic N) is 1. The van der Waals surface area contributed by atoms with Crippen LogP contribution in [-0.2, 0) is 0 Å². The van der Waals surface area contributed by atoms with E-state index in [0.717, 1.165) is 6.42 Å². The lowest BCUT2D eigenvalue weighted by Crippen LogP contribution is -2.32. The largest absolute Gasteiger partial charge is 0.353 e. The van der Waals surface area contributed by atoms with Crippen LogP contribution < -0.4 is 10.6 Å². The molecule has 1 aromatic carbocycles. The summed E-state index contributed by atoms with van der Waals surface area (Å²) in [6.07, 6.45) is 2.43. The van der Waals surface area contributed by atoms with Crippen LogP contribution in [0.4, 0.5) is 11.4 Å². The maximum atomic E-state index is 12.1. The normalized spacial score (nSPS) is 11.8. The predicted octanol–water partition coefficient (Wildman–Crippen LogP) is 4.66. The molecule has 1 heterocycles. The fourth-order valence-electron chi connectivity index (χ4n) is 1.79. The number of carbonyl (C=O) groups is 1. The average molecular weight is 338 g/mol. The lowest BCUT2D eigenvalue weighted by molar-refractivity contribution is 0.0934. The molecule has 0 saturated carbocycles. The number of para-hydroxylation sites is 1. The summed E-state index contributed by atoms with van der Waals surface area (Å²) in [5, 5.41) is 7.02. The molecule has 0 aliphatic heterocycles. The van der Waals surface area contributed by atoms with Crippen LogP contribution in [0.2, 0.25) is 10.0 Å². The second-order valence-electron chi connectivity index (χ2n) is 4.93. The molecule has 2 N–H and O–H groups in total. The van der Waals surface area contributed by atoms with E-state index in [0.29, 0.717) is 27.1 Å². The first-order valence-corrected chi connectivity index (χ1v) is 7.74. The van der Waals surface area contributed by atoms with Gasteiger partial charge in [-0.25, -0.2) is 0 Å². The Morgan fingerprint density at radius 2 is 1.95 bits per heavy atom. The Morgan fingerprint density at radius 1 is 1.27 bits per heavy atom. The minimum absolute atomic E-state index is 0.101. The number of hydrogen-bond acceptors (Lipinski definition) is 3. The molecule has 0 spiro atoms. The smallest absolute Gasteiger partial charge is 0.270 e. The fourth-order valence-corrected chi connectivity index (χ4v) is 2.29. The van der Waals surface area contributed by atoms with Crippen LogP contribution in [0.15, 0.2) is 36.5 Å². The van der Waals surface area contributed by atoms with Crippen LogP contribution >= 0.6 is 23.2 Å². The number of rotatable bonds is 5. The maximum Gasteiger partial charge on any atom is 0.270 e. The van der Waals surface area contributed by atoms with Crippen molar-refractivity contribution in [1.82, 2.24) is 10.3 Å². The van der Waals surface area contributed by atoms with Crippen LogP contribution in [-0.4, -0.2) is 16.9 Å². The van der Waals surface area contributed by atoms with E-state index in [4.69, 9.17) is 23.2 Å². The Morgan fingerprint density at radius 3 is 2.59 bits per heavy atom. The molecule has 22 heavy (non-hydrogen) atoms. The van der Waals surface area contributed by atoms with Gasteiger partial charge in [-0.3, -0.25) is 9.78 Å². The SMILES string of the molecule is CCC(C)NC(=O)c1cc(Nc2c(Cl)cccc2Cl)ccn1. The van der Waals surface area contributed by atoms with Gasteiger partial charge in [0.15, 0.2) is 0 Å². The standard InChI is InChI=1S/C16H17Cl2N3O/c1-3-10(2)20-16(22)14-9-11(7-8-19-14)21-15-12(17)5-4-6-13(15)18/h4-10H,3H2,1-2H3,(H,19,21)(H,20,22). The van der Waals surface area contributed by atoms with Gasteiger partial charge in [0.1, 0.15) is 5.69 Å². The van der Waals surface area contributed by atoms with E-state index >= 15 is 0 Å². The van der Waals surface area contributed by atoms with Crippen LogP contribution in [0, 0.1) is 0 Å². The zero-order valence-corrected chi connectivity index (χ0v) is 13.9. The third kappa shape index (κ3) is 4.12. The van der Waals surface area contributed by atoms with Crippen LogP contribution in [0.3, 0.4) is 0 Å². The van der Waals surface area contributed by atoms with E-state index < -0.39 is 0 Å². The van der Waals surface area contributed by atoms with E-state index in [1.807, 2.05) is 13.8 Å². The molecular weight excluding hydrogens is 321 g/mol. The number of amides is 1. The van der Waals surface area contributed by atoms with E-state index in [-0.39, 0.29) is 11.9 Å². The van der Waals surface area contributed by atoms with Gasteiger partial charge in [-0.05, 0) is 37.6 Å². The van der Waals surface area contributed by atoms with Gasteiger partial charge >= 0.3 is 0 Å². The Bertz CT molecular complexity index is 656. The molecule has 116 valence electrons. The van der Waals surface area contributed by atoms with Crippen LogP contribution in [0.1, 0.15) is 30.8 Å². The van der Waals surface area contributed by atoms with Crippen molar-refractivity contribution in [3.8, 4) is 0 Å². The predicted molar refractivity (Wildman–Crippen MR) is 91.2 cm³/mol. The van der Waals surface area contributed by atoms with E-state index in [2.05, 4.69) is 15.6 Å². The molecule has 4 nitrogen and oxygen atoms in total. The van der Waals surface area contributed by atoms with Gasteiger partial charge in [-0.15, -0.1) is 0 Å². The topological polar surface area (TPSA) is 54.0 Å². The molecule has 6 heteroatoms. The van der Waals surface area contributed by atoms with Crippen molar-refractivity contribution in [3.05, 3.63) is 52.3 Å². The number of nitrogens with one attached hydrogen (secondary N) is 2. The van der Waals surface area contributed by atoms with Crippen molar-refractivity contribution in [2.45, 2.75) is 26.3 Å². The summed E-state index contributed by atoms with van der Waals surface area (Å²) in [4.78, 5) is 16.2. The summed E-state index contributed by atoms with van der Waals surface area (Å²) in [6, 6.07) is 8.77. The number of hydrogen-bond donors (Lipinski definition) is 2. The van der Waals surface area contributed by atoms with Gasteiger partial charge < -0.3 is 10.6 Å². The Labute approximate surface area is 139 Å². The zero-order chi connectivity index (χ0) is 16.1. The van der Waals surface area contributed by atoms with Gasteiger partial charge in [0, 0.05) is 17.9 Å². The zero-order valence-electron chi connectivity index (χ0n) is 12.4. The highest BCUT2D eigenvalue weighted by Crippen LogP contribution is 2.32. The van der Waals surface area contributed by atoms with Crippen LogP contribution in [0.5, 0.6) is 0 Å². The Kier molecular flexibility index (Phi) is 5.63. The molecule has 0 aliphatic rings. The van der Waals surface area contributed by atoms with Gasteiger partial charge in [0.2, 0.25) is 0 Å². The maximum absolute atomic E-state index is 12.1. The molecule has 0 bridgehead atoms. The second-order valence-corrected chi connectivity index (χ2v) is 5.75. The highest BCUT2D eigenvalue weighted by atomic mass is 35.5. The molecule has 0 saturated heterocycles. The first-order chi connectivity index (χ1) is 10.5. The lowest BCUT2D eigenvalue weighted by Gasteiger charge is -2.13.